The molecule has 0 aliphatic rings. The molecule has 1 rings (SSSR count). The van der Waals surface area contributed by atoms with E-state index in [0.29, 0.717) is 0 Å². The average molecular weight is 213 g/mol. The zero-order chi connectivity index (χ0) is 10.8. The molecule has 1 aromatic carbocycles. The largest absolute Gasteiger partial charge is 0.465 e. The van der Waals surface area contributed by atoms with Gasteiger partial charge < -0.3 is 4.74 Å². The van der Waals surface area contributed by atoms with Gasteiger partial charge in [0.05, 0.1) is 17.6 Å². The first-order valence-corrected chi connectivity index (χ1v) is 5.73. The molecule has 0 radical (unpaired) electrons. The van der Waals surface area contributed by atoms with Crippen molar-refractivity contribution in [3.8, 4) is 0 Å². The van der Waals surface area contributed by atoms with Gasteiger partial charge in [-0.3, -0.25) is 0 Å². The lowest BCUT2D eigenvalue weighted by molar-refractivity contribution is 0.0596. The van der Waals surface area contributed by atoms with Gasteiger partial charge in [-0.05, 0) is 12.1 Å². The molecule has 0 atom stereocenters. The third-order valence-corrected chi connectivity index (χ3v) is 2.85. The molecule has 0 aliphatic heterocycles. The van der Waals surface area contributed by atoms with Gasteiger partial charge in [0.2, 0.25) is 0 Å². The van der Waals surface area contributed by atoms with E-state index >= 15 is 0 Å². The molecule has 14 heavy (non-hydrogen) atoms. The smallest absolute Gasteiger partial charge is 0.339 e. The van der Waals surface area contributed by atoms with Gasteiger partial charge in [0.15, 0.2) is 9.84 Å². The second-order valence-electron chi connectivity index (χ2n) is 2.76. The minimum Gasteiger partial charge on any atom is -0.465 e. The Kier molecular flexibility index (Phi) is 2.90. The SMILES string of the molecule is COC(=O)c1ccccc1S([11CH3])(=O)=O. The van der Waals surface area contributed by atoms with Crippen molar-refractivity contribution in [3.05, 3.63) is 29.8 Å². The first-order valence-electron chi connectivity index (χ1n) is 3.84. The summed E-state index contributed by atoms with van der Waals surface area (Å²) in [5, 5.41) is 0. The number of carbonyl (C=O) groups is 1. The summed E-state index contributed by atoms with van der Waals surface area (Å²) in [6.07, 6.45) is 1.05. The molecule has 0 heterocycles. The third-order valence-electron chi connectivity index (χ3n) is 1.69. The van der Waals surface area contributed by atoms with E-state index in [1.807, 2.05) is 0 Å². The van der Waals surface area contributed by atoms with Crippen LogP contribution in [0, 0.1) is 0 Å². The third kappa shape index (κ3) is 2.11. The Morgan fingerprint density at radius 2 is 1.86 bits per heavy atom. The van der Waals surface area contributed by atoms with Crippen LogP contribution in [0.15, 0.2) is 29.2 Å². The van der Waals surface area contributed by atoms with Crippen LogP contribution in [0.1, 0.15) is 10.4 Å². The van der Waals surface area contributed by atoms with Crippen molar-refractivity contribution < 1.29 is 17.9 Å². The molecule has 5 heteroatoms. The van der Waals surface area contributed by atoms with Crippen LogP contribution in [0.25, 0.3) is 0 Å². The van der Waals surface area contributed by atoms with Crippen molar-refractivity contribution in [2.75, 3.05) is 13.4 Å². The molecule has 0 fully saturated rings. The van der Waals surface area contributed by atoms with Crippen molar-refractivity contribution in [1.29, 1.82) is 0 Å². The number of methoxy groups -OCH3 is 1. The van der Waals surface area contributed by atoms with E-state index in [1.54, 1.807) is 12.1 Å². The van der Waals surface area contributed by atoms with E-state index in [0.717, 1.165) is 6.26 Å². The molecule has 1 aromatic rings. The van der Waals surface area contributed by atoms with Crippen LogP contribution in [-0.4, -0.2) is 27.8 Å². The van der Waals surface area contributed by atoms with Gasteiger partial charge in [-0.2, -0.15) is 0 Å². The molecular weight excluding hydrogens is 203 g/mol. The monoisotopic (exact) mass is 213 g/mol. The van der Waals surface area contributed by atoms with E-state index in [4.69, 9.17) is 0 Å². The molecular formula is C9H10O4S. The summed E-state index contributed by atoms with van der Waals surface area (Å²) in [5.74, 6) is -0.647. The van der Waals surface area contributed by atoms with E-state index in [2.05, 4.69) is 4.74 Å². The van der Waals surface area contributed by atoms with E-state index in [-0.39, 0.29) is 10.5 Å². The lowest BCUT2D eigenvalue weighted by Crippen LogP contribution is -2.09. The second-order valence-corrected chi connectivity index (χ2v) is 4.74. The predicted octanol–water partition coefficient (Wildman–Crippen LogP) is 0.877. The Bertz CT molecular complexity index is 448. The topological polar surface area (TPSA) is 60.4 Å². The summed E-state index contributed by atoms with van der Waals surface area (Å²) in [6.45, 7) is 0. The molecule has 4 nitrogen and oxygen atoms in total. The standard InChI is InChI=1S/C9H10O4S/c1-13-9(10)7-5-3-4-6-8(7)14(2,11)12/h3-6H,1-2H3/i2-1. The van der Waals surface area contributed by atoms with Gasteiger partial charge in [-0.15, -0.1) is 0 Å². The van der Waals surface area contributed by atoms with Crippen LogP contribution in [-0.2, 0) is 14.6 Å². The quantitative estimate of drug-likeness (QED) is 0.684. The van der Waals surface area contributed by atoms with Crippen molar-refractivity contribution in [2.45, 2.75) is 4.90 Å². The highest BCUT2D eigenvalue weighted by Crippen LogP contribution is 2.15. The van der Waals surface area contributed by atoms with Gasteiger partial charge in [0.1, 0.15) is 0 Å². The van der Waals surface area contributed by atoms with E-state index < -0.39 is 15.8 Å². The molecule has 0 bridgehead atoms. The summed E-state index contributed by atoms with van der Waals surface area (Å²) in [6, 6.07) is 5.94. The fourth-order valence-electron chi connectivity index (χ4n) is 1.07. The molecule has 0 aliphatic carbocycles. The van der Waals surface area contributed by atoms with Crippen molar-refractivity contribution >= 4 is 15.8 Å². The number of benzene rings is 1. The molecule has 0 aromatic heterocycles. The van der Waals surface area contributed by atoms with Gasteiger partial charge in [0, 0.05) is 6.26 Å². The number of hydrogen-bond donors (Lipinski definition) is 0. The molecule has 0 N–H and O–H groups in total. The molecule has 76 valence electrons. The second kappa shape index (κ2) is 3.79. The van der Waals surface area contributed by atoms with Crippen LogP contribution in [0.4, 0.5) is 0 Å². The Morgan fingerprint density at radius 1 is 1.29 bits per heavy atom. The maximum Gasteiger partial charge on any atom is 0.339 e. The Labute approximate surface area is 82.4 Å². The van der Waals surface area contributed by atoms with Crippen LogP contribution in [0.5, 0.6) is 0 Å². The van der Waals surface area contributed by atoms with Gasteiger partial charge in [-0.25, -0.2) is 13.2 Å². The average Bonchev–Trinajstić information content (AvgIpc) is 2.15. The molecule has 0 saturated carbocycles. The highest BCUT2D eigenvalue weighted by molar-refractivity contribution is 7.90. The molecule has 0 saturated heterocycles. The van der Waals surface area contributed by atoms with E-state index in [1.165, 1.54) is 19.2 Å². The van der Waals surface area contributed by atoms with Gasteiger partial charge >= 0.3 is 5.97 Å². The zero-order valence-corrected chi connectivity index (χ0v) is 8.67. The Balaban J connectivity index is 3.38. The maximum absolute atomic E-state index is 11.3. The van der Waals surface area contributed by atoms with Crippen LogP contribution >= 0.6 is 0 Å². The van der Waals surface area contributed by atoms with Crippen molar-refractivity contribution in [1.82, 2.24) is 0 Å². The minimum absolute atomic E-state index is 0.00755. The first kappa shape index (κ1) is 10.7. The Morgan fingerprint density at radius 3 is 2.36 bits per heavy atom. The lowest BCUT2D eigenvalue weighted by atomic mass is 10.2. The highest BCUT2D eigenvalue weighted by Gasteiger charge is 2.17. The van der Waals surface area contributed by atoms with Gasteiger partial charge in [0.25, 0.3) is 0 Å². The van der Waals surface area contributed by atoms with Gasteiger partial charge in [-0.1, -0.05) is 12.1 Å². The fourth-order valence-corrected chi connectivity index (χ4v) is 1.95. The Hall–Kier alpha value is -1.36. The summed E-state index contributed by atoms with van der Waals surface area (Å²) < 4.78 is 27.0. The highest BCUT2D eigenvalue weighted by atomic mass is 32.2. The predicted molar refractivity (Wildman–Crippen MR) is 50.9 cm³/mol. The lowest BCUT2D eigenvalue weighted by Gasteiger charge is -2.04. The number of ether oxygens (including phenoxy) is 1. The molecule has 0 spiro atoms. The number of rotatable bonds is 2. The number of esters is 1. The molecule has 0 amide bonds. The first-order chi connectivity index (χ1) is 6.46. The summed E-state index contributed by atoms with van der Waals surface area (Å²) >= 11 is 0. The van der Waals surface area contributed by atoms with Crippen molar-refractivity contribution in [3.63, 3.8) is 0 Å². The normalized spacial score (nSPS) is 11.0. The summed E-state index contributed by atoms with van der Waals surface area (Å²) in [7, 11) is -2.18. The fraction of sp³-hybridized carbons (Fsp3) is 0.222. The van der Waals surface area contributed by atoms with Crippen molar-refractivity contribution in [2.24, 2.45) is 0 Å². The minimum atomic E-state index is -3.39. The number of hydrogen-bond acceptors (Lipinski definition) is 4. The summed E-state index contributed by atoms with van der Waals surface area (Å²) in [5.41, 5.74) is 0.0671. The number of sulfone groups is 1. The summed E-state index contributed by atoms with van der Waals surface area (Å²) in [4.78, 5) is 11.2. The maximum atomic E-state index is 11.3. The van der Waals surface area contributed by atoms with E-state index in [9.17, 15) is 13.2 Å². The number of carbonyl (C=O) groups excluding carboxylic acids is 1. The molecule has 0 unspecified atom stereocenters. The van der Waals surface area contributed by atoms with Crippen LogP contribution in [0.2, 0.25) is 0 Å². The van der Waals surface area contributed by atoms with Crippen LogP contribution < -0.4 is 0 Å². The zero-order valence-electron chi connectivity index (χ0n) is 7.85. The van der Waals surface area contributed by atoms with Crippen LogP contribution in [0.3, 0.4) is 0 Å².